The third-order valence-electron chi connectivity index (χ3n) is 4.19. The van der Waals surface area contributed by atoms with Crippen molar-refractivity contribution in [2.24, 2.45) is 23.0 Å². The average molecular weight is 240 g/mol. The van der Waals surface area contributed by atoms with E-state index in [0.29, 0.717) is 24.3 Å². The van der Waals surface area contributed by atoms with Crippen molar-refractivity contribution in [3.63, 3.8) is 0 Å². The predicted molar refractivity (Wildman–Crippen MR) is 71.6 cm³/mol. The molecule has 0 saturated heterocycles. The van der Waals surface area contributed by atoms with Crippen LogP contribution in [0.25, 0.3) is 0 Å². The molecule has 1 atom stereocenters. The number of hydrogen-bond donors (Lipinski definition) is 1. The summed E-state index contributed by atoms with van der Waals surface area (Å²) in [5, 5.41) is 0. The van der Waals surface area contributed by atoms with E-state index in [4.69, 9.17) is 5.73 Å². The molecule has 1 unspecified atom stereocenters. The minimum atomic E-state index is 0.204. The lowest BCUT2D eigenvalue weighted by molar-refractivity contribution is -0.132. The molecule has 1 saturated carbocycles. The lowest BCUT2D eigenvalue weighted by atomic mass is 9.79. The topological polar surface area (TPSA) is 46.3 Å². The summed E-state index contributed by atoms with van der Waals surface area (Å²) in [5.41, 5.74) is 5.96. The van der Waals surface area contributed by atoms with E-state index in [1.54, 1.807) is 0 Å². The van der Waals surface area contributed by atoms with Gasteiger partial charge in [-0.05, 0) is 30.1 Å². The Balaban J connectivity index is 2.32. The lowest BCUT2D eigenvalue weighted by Crippen LogP contribution is -2.43. The quantitative estimate of drug-likeness (QED) is 0.819. The molecular formula is C14H28N2O. The van der Waals surface area contributed by atoms with Crippen LogP contribution < -0.4 is 5.73 Å². The van der Waals surface area contributed by atoms with Gasteiger partial charge in [-0.2, -0.15) is 0 Å². The molecule has 3 nitrogen and oxygen atoms in total. The number of hydrogen-bond acceptors (Lipinski definition) is 2. The summed E-state index contributed by atoms with van der Waals surface area (Å²) in [7, 11) is 1.92. The van der Waals surface area contributed by atoms with Crippen LogP contribution in [0.2, 0.25) is 0 Å². The number of nitrogens with two attached hydrogens (primary N) is 1. The molecule has 100 valence electrons. The maximum Gasteiger partial charge on any atom is 0.222 e. The molecule has 1 amide bonds. The molecule has 17 heavy (non-hydrogen) atoms. The Hall–Kier alpha value is -0.570. The Bertz CT molecular complexity index is 264. The van der Waals surface area contributed by atoms with E-state index >= 15 is 0 Å². The van der Waals surface area contributed by atoms with Gasteiger partial charge in [-0.1, -0.05) is 27.7 Å². The zero-order chi connectivity index (χ0) is 13.2. The summed E-state index contributed by atoms with van der Waals surface area (Å²) < 4.78 is 0. The minimum absolute atomic E-state index is 0.204. The molecule has 0 heterocycles. The zero-order valence-electron chi connectivity index (χ0n) is 12.0. The van der Waals surface area contributed by atoms with Crippen molar-refractivity contribution in [2.75, 3.05) is 13.6 Å². The van der Waals surface area contributed by atoms with Crippen LogP contribution in [-0.2, 0) is 4.79 Å². The Morgan fingerprint density at radius 1 is 1.41 bits per heavy atom. The van der Waals surface area contributed by atoms with Gasteiger partial charge in [-0.15, -0.1) is 0 Å². The highest BCUT2D eigenvalue weighted by atomic mass is 16.2. The average Bonchev–Trinajstić information content (AvgIpc) is 2.13. The Morgan fingerprint density at radius 2 is 1.94 bits per heavy atom. The molecule has 1 fully saturated rings. The molecule has 1 aliphatic rings. The van der Waals surface area contributed by atoms with E-state index in [0.717, 1.165) is 19.4 Å². The second kappa shape index (κ2) is 5.38. The van der Waals surface area contributed by atoms with Crippen molar-refractivity contribution in [2.45, 2.75) is 53.0 Å². The van der Waals surface area contributed by atoms with E-state index in [9.17, 15) is 4.79 Å². The number of carbonyl (C=O) groups excluding carboxylic acids is 1. The summed E-state index contributed by atoms with van der Waals surface area (Å²) in [6.07, 6.45) is 2.80. The van der Waals surface area contributed by atoms with Crippen molar-refractivity contribution in [1.82, 2.24) is 4.90 Å². The van der Waals surface area contributed by atoms with Crippen LogP contribution in [0, 0.1) is 17.3 Å². The van der Waals surface area contributed by atoms with Crippen molar-refractivity contribution >= 4 is 5.91 Å². The van der Waals surface area contributed by atoms with Gasteiger partial charge in [0.15, 0.2) is 0 Å². The molecule has 1 aliphatic carbocycles. The second-order valence-corrected chi connectivity index (χ2v) is 6.84. The SMILES string of the molecule is CC(CC(=O)N(C)CC1CC(N)C1)C(C)(C)C. The molecule has 0 aromatic carbocycles. The largest absolute Gasteiger partial charge is 0.345 e. The van der Waals surface area contributed by atoms with Crippen LogP contribution in [0.1, 0.15) is 47.0 Å². The molecule has 0 aromatic rings. The predicted octanol–water partition coefficient (Wildman–Crippen LogP) is 2.25. The highest BCUT2D eigenvalue weighted by Gasteiger charge is 2.29. The van der Waals surface area contributed by atoms with Gasteiger partial charge in [0.2, 0.25) is 5.91 Å². The molecule has 1 rings (SSSR count). The van der Waals surface area contributed by atoms with E-state index in [-0.39, 0.29) is 11.3 Å². The van der Waals surface area contributed by atoms with Gasteiger partial charge >= 0.3 is 0 Å². The molecular weight excluding hydrogens is 212 g/mol. The molecule has 0 spiro atoms. The standard InChI is InChI=1S/C14H28N2O/c1-10(14(2,3)4)6-13(17)16(5)9-11-7-12(15)8-11/h10-12H,6-9,15H2,1-5H3. The lowest BCUT2D eigenvalue weighted by Gasteiger charge is -2.36. The normalized spacial score (nSPS) is 26.2. The highest BCUT2D eigenvalue weighted by molar-refractivity contribution is 5.76. The van der Waals surface area contributed by atoms with Crippen LogP contribution >= 0.6 is 0 Å². The first-order chi connectivity index (χ1) is 7.70. The van der Waals surface area contributed by atoms with Gasteiger partial charge in [-0.25, -0.2) is 0 Å². The van der Waals surface area contributed by atoms with Crippen molar-refractivity contribution in [1.29, 1.82) is 0 Å². The maximum absolute atomic E-state index is 12.1. The van der Waals surface area contributed by atoms with Crippen LogP contribution in [0.4, 0.5) is 0 Å². The van der Waals surface area contributed by atoms with Crippen molar-refractivity contribution in [3.05, 3.63) is 0 Å². The van der Waals surface area contributed by atoms with Gasteiger partial charge in [0.25, 0.3) is 0 Å². The number of amides is 1. The van der Waals surface area contributed by atoms with Gasteiger partial charge in [0.1, 0.15) is 0 Å². The Kier molecular flexibility index (Phi) is 4.59. The number of carbonyl (C=O) groups is 1. The minimum Gasteiger partial charge on any atom is -0.345 e. The molecule has 3 heteroatoms. The summed E-state index contributed by atoms with van der Waals surface area (Å²) in [6.45, 7) is 9.61. The van der Waals surface area contributed by atoms with Crippen LogP contribution in [0.15, 0.2) is 0 Å². The summed E-state index contributed by atoms with van der Waals surface area (Å²) in [4.78, 5) is 13.9. The fourth-order valence-corrected chi connectivity index (χ4v) is 2.15. The molecule has 0 bridgehead atoms. The first-order valence-electron chi connectivity index (χ1n) is 6.69. The van der Waals surface area contributed by atoms with Crippen LogP contribution in [0.5, 0.6) is 0 Å². The van der Waals surface area contributed by atoms with E-state index in [1.807, 2.05) is 11.9 Å². The van der Waals surface area contributed by atoms with E-state index in [2.05, 4.69) is 27.7 Å². The zero-order valence-corrected chi connectivity index (χ0v) is 12.0. The van der Waals surface area contributed by atoms with Gasteiger partial charge in [0, 0.05) is 26.1 Å². The Morgan fingerprint density at radius 3 is 2.35 bits per heavy atom. The molecule has 0 radical (unpaired) electrons. The van der Waals surface area contributed by atoms with E-state index < -0.39 is 0 Å². The van der Waals surface area contributed by atoms with Gasteiger partial charge in [-0.3, -0.25) is 4.79 Å². The highest BCUT2D eigenvalue weighted by Crippen LogP contribution is 2.29. The molecule has 2 N–H and O–H groups in total. The third kappa shape index (κ3) is 4.30. The molecule has 0 aliphatic heterocycles. The molecule has 0 aromatic heterocycles. The summed E-state index contributed by atoms with van der Waals surface area (Å²) in [5.74, 6) is 1.32. The van der Waals surface area contributed by atoms with Crippen LogP contribution in [0.3, 0.4) is 0 Å². The summed E-state index contributed by atoms with van der Waals surface area (Å²) >= 11 is 0. The summed E-state index contributed by atoms with van der Waals surface area (Å²) in [6, 6.07) is 0.372. The van der Waals surface area contributed by atoms with Gasteiger partial charge < -0.3 is 10.6 Å². The van der Waals surface area contributed by atoms with Crippen LogP contribution in [-0.4, -0.2) is 30.4 Å². The Labute approximate surface area is 106 Å². The van der Waals surface area contributed by atoms with Crippen molar-refractivity contribution < 1.29 is 4.79 Å². The number of nitrogens with zero attached hydrogens (tertiary/aromatic N) is 1. The fourth-order valence-electron chi connectivity index (χ4n) is 2.15. The van der Waals surface area contributed by atoms with Gasteiger partial charge in [0.05, 0.1) is 0 Å². The third-order valence-corrected chi connectivity index (χ3v) is 4.19. The maximum atomic E-state index is 12.1. The fraction of sp³-hybridized carbons (Fsp3) is 0.929. The number of rotatable bonds is 4. The first-order valence-corrected chi connectivity index (χ1v) is 6.69. The van der Waals surface area contributed by atoms with Crippen molar-refractivity contribution in [3.8, 4) is 0 Å². The van der Waals surface area contributed by atoms with E-state index in [1.165, 1.54) is 0 Å². The smallest absolute Gasteiger partial charge is 0.222 e. The second-order valence-electron chi connectivity index (χ2n) is 6.84. The monoisotopic (exact) mass is 240 g/mol. The first kappa shape index (κ1) is 14.5.